The fourth-order valence-electron chi connectivity index (χ4n) is 3.32. The number of hydrogen-bond acceptors (Lipinski definition) is 6. The number of phenolic OH excluding ortho intramolecular Hbond substituents is 3. The molecule has 0 aromatic heterocycles. The zero-order valence-electron chi connectivity index (χ0n) is 17.2. The van der Waals surface area contributed by atoms with Gasteiger partial charge in [0, 0.05) is 31.7 Å². The van der Waals surface area contributed by atoms with Crippen LogP contribution in [0.4, 0.5) is 0 Å². The Kier molecular flexibility index (Phi) is 5.70. The van der Waals surface area contributed by atoms with Gasteiger partial charge in [-0.3, -0.25) is 4.79 Å². The van der Waals surface area contributed by atoms with Gasteiger partial charge in [0.05, 0.1) is 4.90 Å². The highest BCUT2D eigenvalue weighted by atomic mass is 32.2. The molecule has 162 valence electrons. The molecule has 2 aromatic carbocycles. The van der Waals surface area contributed by atoms with Crippen molar-refractivity contribution in [3.05, 3.63) is 47.5 Å². The Morgan fingerprint density at radius 2 is 1.40 bits per heavy atom. The molecule has 3 N–H and O–H groups in total. The summed E-state index contributed by atoms with van der Waals surface area (Å²) in [7, 11) is -3.67. The summed E-state index contributed by atoms with van der Waals surface area (Å²) in [5, 5.41) is 28.6. The first-order valence-electron chi connectivity index (χ1n) is 9.56. The van der Waals surface area contributed by atoms with Crippen molar-refractivity contribution >= 4 is 15.9 Å². The lowest BCUT2D eigenvalue weighted by Gasteiger charge is -2.34. The van der Waals surface area contributed by atoms with Gasteiger partial charge in [-0.1, -0.05) is 32.9 Å². The molecule has 0 radical (unpaired) electrons. The average molecular weight is 435 g/mol. The maximum absolute atomic E-state index is 13.0. The van der Waals surface area contributed by atoms with Crippen molar-refractivity contribution in [2.45, 2.75) is 31.1 Å². The summed E-state index contributed by atoms with van der Waals surface area (Å²) in [4.78, 5) is 14.3. The van der Waals surface area contributed by atoms with Crippen LogP contribution >= 0.6 is 0 Å². The number of benzene rings is 2. The Hall–Kier alpha value is -2.78. The van der Waals surface area contributed by atoms with Gasteiger partial charge in [0.2, 0.25) is 10.0 Å². The van der Waals surface area contributed by atoms with Crippen molar-refractivity contribution in [3.8, 4) is 17.2 Å². The molecule has 1 aliphatic heterocycles. The molecule has 2 aromatic rings. The zero-order chi connectivity index (χ0) is 22.3. The lowest BCUT2D eigenvalue weighted by Crippen LogP contribution is -2.50. The smallest absolute Gasteiger partial charge is 0.254 e. The van der Waals surface area contributed by atoms with Crippen molar-refractivity contribution in [2.75, 3.05) is 26.2 Å². The van der Waals surface area contributed by atoms with Crippen LogP contribution in [0, 0.1) is 0 Å². The van der Waals surface area contributed by atoms with E-state index in [4.69, 9.17) is 0 Å². The maximum atomic E-state index is 13.0. The van der Waals surface area contributed by atoms with Gasteiger partial charge in [-0.15, -0.1) is 0 Å². The van der Waals surface area contributed by atoms with Gasteiger partial charge in [0.15, 0.2) is 17.2 Å². The van der Waals surface area contributed by atoms with Crippen molar-refractivity contribution < 1.29 is 28.5 Å². The number of rotatable bonds is 3. The number of phenols is 3. The summed E-state index contributed by atoms with van der Waals surface area (Å²) in [5.74, 6) is -2.36. The molecule has 0 spiro atoms. The largest absolute Gasteiger partial charge is 0.504 e. The lowest BCUT2D eigenvalue weighted by molar-refractivity contribution is 0.0697. The fourth-order valence-corrected chi connectivity index (χ4v) is 4.74. The Balaban J connectivity index is 1.71. The van der Waals surface area contributed by atoms with Crippen LogP contribution in [-0.4, -0.2) is 65.0 Å². The number of amides is 1. The number of aromatic hydroxyl groups is 3. The highest BCUT2D eigenvalue weighted by Crippen LogP contribution is 2.35. The molecular formula is C21H26N2O6S. The molecule has 0 atom stereocenters. The van der Waals surface area contributed by atoms with Gasteiger partial charge < -0.3 is 20.2 Å². The van der Waals surface area contributed by atoms with Gasteiger partial charge >= 0.3 is 0 Å². The molecule has 1 saturated heterocycles. The first-order valence-corrected chi connectivity index (χ1v) is 11.0. The third kappa shape index (κ3) is 4.22. The van der Waals surface area contributed by atoms with Crippen LogP contribution in [0.2, 0.25) is 0 Å². The molecule has 0 unspecified atom stereocenters. The number of hydrogen-bond donors (Lipinski definition) is 3. The van der Waals surface area contributed by atoms with Gasteiger partial charge in [-0.25, -0.2) is 8.42 Å². The standard InChI is InChI=1S/C21H26N2O6S/c1-21(2,3)15-4-6-16(7-5-15)30(28,29)23-10-8-22(9-11-23)20(27)14-12-17(24)19(26)18(25)13-14/h4-7,12-13,24-26H,8-11H2,1-3H3. The fraction of sp³-hybridized carbons (Fsp3) is 0.381. The van der Waals surface area contributed by atoms with E-state index in [1.165, 1.54) is 9.21 Å². The number of carbonyl (C=O) groups excluding carboxylic acids is 1. The van der Waals surface area contributed by atoms with Crippen LogP contribution in [0.15, 0.2) is 41.3 Å². The second-order valence-electron chi connectivity index (χ2n) is 8.33. The van der Waals surface area contributed by atoms with Gasteiger partial charge in [0.1, 0.15) is 0 Å². The molecule has 0 saturated carbocycles. The van der Waals surface area contributed by atoms with Crippen molar-refractivity contribution in [1.29, 1.82) is 0 Å². The highest BCUT2D eigenvalue weighted by Gasteiger charge is 2.31. The van der Waals surface area contributed by atoms with E-state index >= 15 is 0 Å². The molecule has 3 rings (SSSR count). The first-order chi connectivity index (χ1) is 13.9. The second-order valence-corrected chi connectivity index (χ2v) is 10.3. The predicted molar refractivity (Wildman–Crippen MR) is 111 cm³/mol. The van der Waals surface area contributed by atoms with Crippen molar-refractivity contribution in [3.63, 3.8) is 0 Å². The highest BCUT2D eigenvalue weighted by molar-refractivity contribution is 7.89. The van der Waals surface area contributed by atoms with E-state index in [2.05, 4.69) is 20.8 Å². The minimum absolute atomic E-state index is 0.0110. The molecule has 1 fully saturated rings. The van der Waals surface area contributed by atoms with E-state index in [1.807, 2.05) is 12.1 Å². The third-order valence-electron chi connectivity index (χ3n) is 5.20. The summed E-state index contributed by atoms with van der Waals surface area (Å²) in [6.07, 6.45) is 0. The van der Waals surface area contributed by atoms with E-state index in [-0.39, 0.29) is 42.1 Å². The van der Waals surface area contributed by atoms with Crippen LogP contribution in [0.1, 0.15) is 36.7 Å². The minimum atomic E-state index is -3.67. The summed E-state index contributed by atoms with van der Waals surface area (Å²) in [6, 6.07) is 8.98. The molecule has 0 aliphatic carbocycles. The number of piperazine rings is 1. The minimum Gasteiger partial charge on any atom is -0.504 e. The predicted octanol–water partition coefficient (Wildman–Crippen LogP) is 2.25. The Morgan fingerprint density at radius 3 is 1.87 bits per heavy atom. The molecule has 1 aliphatic rings. The van der Waals surface area contributed by atoms with E-state index < -0.39 is 33.2 Å². The second kappa shape index (κ2) is 7.81. The number of nitrogens with zero attached hydrogens (tertiary/aromatic N) is 2. The first kappa shape index (κ1) is 21.9. The number of sulfonamides is 1. The van der Waals surface area contributed by atoms with E-state index in [9.17, 15) is 28.5 Å². The topological polar surface area (TPSA) is 118 Å². The summed E-state index contributed by atoms with van der Waals surface area (Å²) in [5.41, 5.74) is 0.972. The SMILES string of the molecule is CC(C)(C)c1ccc(S(=O)(=O)N2CCN(C(=O)c3cc(O)c(O)c(O)c3)CC2)cc1. The van der Waals surface area contributed by atoms with Gasteiger partial charge in [-0.2, -0.15) is 4.31 Å². The van der Waals surface area contributed by atoms with Crippen LogP contribution in [0.3, 0.4) is 0 Å². The quantitative estimate of drug-likeness (QED) is 0.638. The maximum Gasteiger partial charge on any atom is 0.254 e. The van der Waals surface area contributed by atoms with E-state index in [0.29, 0.717) is 0 Å². The summed E-state index contributed by atoms with van der Waals surface area (Å²) >= 11 is 0. The summed E-state index contributed by atoms with van der Waals surface area (Å²) in [6.45, 7) is 6.76. The molecule has 1 amide bonds. The Bertz CT molecular complexity index is 1030. The van der Waals surface area contributed by atoms with Crippen LogP contribution in [-0.2, 0) is 15.4 Å². The monoisotopic (exact) mass is 434 g/mol. The Labute approximate surface area is 176 Å². The molecule has 0 bridgehead atoms. The van der Waals surface area contributed by atoms with E-state index in [0.717, 1.165) is 17.7 Å². The summed E-state index contributed by atoms with van der Waals surface area (Å²) < 4.78 is 27.2. The molecule has 1 heterocycles. The zero-order valence-corrected chi connectivity index (χ0v) is 18.0. The normalized spacial score (nSPS) is 15.9. The third-order valence-corrected chi connectivity index (χ3v) is 7.11. The van der Waals surface area contributed by atoms with Gasteiger partial charge in [0.25, 0.3) is 5.91 Å². The van der Waals surface area contributed by atoms with Crippen LogP contribution in [0.25, 0.3) is 0 Å². The molecule has 30 heavy (non-hydrogen) atoms. The van der Waals surface area contributed by atoms with Crippen molar-refractivity contribution in [1.82, 2.24) is 9.21 Å². The number of carbonyl (C=O) groups is 1. The Morgan fingerprint density at radius 1 is 0.900 bits per heavy atom. The van der Waals surface area contributed by atoms with Crippen LogP contribution < -0.4 is 0 Å². The average Bonchev–Trinajstić information content (AvgIpc) is 2.70. The molecule has 8 nitrogen and oxygen atoms in total. The molecule has 9 heteroatoms. The van der Waals surface area contributed by atoms with Crippen LogP contribution in [0.5, 0.6) is 17.2 Å². The van der Waals surface area contributed by atoms with Gasteiger partial charge in [-0.05, 0) is 35.2 Å². The lowest BCUT2D eigenvalue weighted by atomic mass is 9.87. The van der Waals surface area contributed by atoms with E-state index in [1.54, 1.807) is 12.1 Å². The van der Waals surface area contributed by atoms with Crippen molar-refractivity contribution in [2.24, 2.45) is 0 Å². The molecular weight excluding hydrogens is 408 g/mol.